The first-order valence-corrected chi connectivity index (χ1v) is 7.77. The third-order valence-corrected chi connectivity index (χ3v) is 3.29. The normalized spacial score (nSPS) is 14.4. The van der Waals surface area contributed by atoms with Crippen LogP contribution in [0.4, 0.5) is 0 Å². The number of imidazole rings is 1. The van der Waals surface area contributed by atoms with Crippen LogP contribution in [0, 0.1) is 5.92 Å². The maximum absolute atomic E-state index is 12.5. The Kier molecular flexibility index (Phi) is 6.75. The van der Waals surface area contributed by atoms with Crippen LogP contribution in [0.25, 0.3) is 0 Å². The van der Waals surface area contributed by atoms with Gasteiger partial charge in [-0.1, -0.05) is 13.8 Å². The van der Waals surface area contributed by atoms with E-state index in [0.29, 0.717) is 6.42 Å². The summed E-state index contributed by atoms with van der Waals surface area (Å²) in [4.78, 5) is 31.5. The minimum absolute atomic E-state index is 0.0197. The molecule has 0 fully saturated rings. The van der Waals surface area contributed by atoms with Crippen molar-refractivity contribution < 1.29 is 14.3 Å². The molecule has 1 amide bonds. The van der Waals surface area contributed by atoms with Gasteiger partial charge < -0.3 is 15.0 Å². The molecule has 7 heteroatoms. The third kappa shape index (κ3) is 6.40. The molecule has 0 aliphatic rings. The van der Waals surface area contributed by atoms with Crippen molar-refractivity contribution >= 4 is 11.9 Å². The van der Waals surface area contributed by atoms with E-state index < -0.39 is 18.1 Å². The zero-order chi connectivity index (χ0) is 17.6. The van der Waals surface area contributed by atoms with Gasteiger partial charge in [-0.3, -0.25) is 14.9 Å². The summed E-state index contributed by atoms with van der Waals surface area (Å²) in [6.45, 7) is 9.63. The number of hydrogen-bond acceptors (Lipinski definition) is 5. The van der Waals surface area contributed by atoms with Crippen LogP contribution < -0.4 is 10.6 Å². The van der Waals surface area contributed by atoms with Crippen LogP contribution in [0.15, 0.2) is 12.5 Å². The Morgan fingerprint density at radius 3 is 2.43 bits per heavy atom. The van der Waals surface area contributed by atoms with Gasteiger partial charge in [0.1, 0.15) is 6.04 Å². The molecule has 1 rings (SSSR count). The summed E-state index contributed by atoms with van der Waals surface area (Å²) in [6, 6.07) is -1.13. The second-order valence-corrected chi connectivity index (χ2v) is 6.98. The second-order valence-electron chi connectivity index (χ2n) is 6.98. The van der Waals surface area contributed by atoms with Crippen LogP contribution in [-0.2, 0) is 20.7 Å². The number of esters is 1. The summed E-state index contributed by atoms with van der Waals surface area (Å²) in [5.74, 6) is -0.522. The quantitative estimate of drug-likeness (QED) is 0.651. The Bertz CT molecular complexity index is 506. The molecule has 0 aliphatic heterocycles. The number of H-pyrrole nitrogens is 1. The fraction of sp³-hybridized carbons (Fsp3) is 0.688. The lowest BCUT2D eigenvalue weighted by atomic mass is 9.99. The van der Waals surface area contributed by atoms with Crippen molar-refractivity contribution in [2.45, 2.75) is 58.7 Å². The second kappa shape index (κ2) is 8.10. The maximum atomic E-state index is 12.5. The monoisotopic (exact) mass is 324 g/mol. The molecule has 0 aliphatic carbocycles. The Hall–Kier alpha value is -1.89. The first-order chi connectivity index (χ1) is 10.6. The van der Waals surface area contributed by atoms with Gasteiger partial charge in [-0.2, -0.15) is 0 Å². The Labute approximate surface area is 137 Å². The topological polar surface area (TPSA) is 96.1 Å². The van der Waals surface area contributed by atoms with Crippen LogP contribution in [-0.4, -0.2) is 46.6 Å². The predicted octanol–water partition coefficient (Wildman–Crippen LogP) is 1.02. The van der Waals surface area contributed by atoms with Gasteiger partial charge in [0.25, 0.3) is 0 Å². The molecule has 0 aromatic carbocycles. The van der Waals surface area contributed by atoms with Gasteiger partial charge in [-0.05, 0) is 26.7 Å². The van der Waals surface area contributed by atoms with E-state index in [9.17, 15) is 9.59 Å². The standard InChI is InChI=1S/C16H28N4O3/c1-10(2)13(14(21)20-16(3,4)5)19-12(15(22)23-6)7-11-8-17-9-18-11/h8-10,12-13,19H,7H2,1-6H3,(H,17,18)(H,20,21)/t12-,13-/m0/s1. The van der Waals surface area contributed by atoms with E-state index in [1.807, 2.05) is 34.6 Å². The first kappa shape index (κ1) is 19.2. The highest BCUT2D eigenvalue weighted by molar-refractivity contribution is 5.84. The van der Waals surface area contributed by atoms with Crippen molar-refractivity contribution in [1.29, 1.82) is 0 Å². The first-order valence-electron chi connectivity index (χ1n) is 7.77. The number of aromatic nitrogens is 2. The summed E-state index contributed by atoms with van der Waals surface area (Å²) >= 11 is 0. The highest BCUT2D eigenvalue weighted by atomic mass is 16.5. The fourth-order valence-electron chi connectivity index (χ4n) is 2.20. The number of methoxy groups -OCH3 is 1. The lowest BCUT2D eigenvalue weighted by Gasteiger charge is -2.29. The van der Waals surface area contributed by atoms with Crippen LogP contribution in [0.5, 0.6) is 0 Å². The van der Waals surface area contributed by atoms with Gasteiger partial charge in [0.15, 0.2) is 0 Å². The smallest absolute Gasteiger partial charge is 0.323 e. The lowest BCUT2D eigenvalue weighted by molar-refractivity contribution is -0.143. The predicted molar refractivity (Wildman–Crippen MR) is 87.8 cm³/mol. The molecule has 0 saturated heterocycles. The molecule has 130 valence electrons. The molecule has 1 aromatic heterocycles. The van der Waals surface area contributed by atoms with Crippen molar-refractivity contribution in [3.8, 4) is 0 Å². The largest absolute Gasteiger partial charge is 0.468 e. The highest BCUT2D eigenvalue weighted by Gasteiger charge is 2.31. The SMILES string of the molecule is COC(=O)[C@H](Cc1cnc[nH]1)N[C@H](C(=O)NC(C)(C)C)C(C)C. The molecule has 2 atom stereocenters. The molecule has 0 bridgehead atoms. The van der Waals surface area contributed by atoms with Gasteiger partial charge in [-0.15, -0.1) is 0 Å². The number of amides is 1. The summed E-state index contributed by atoms with van der Waals surface area (Å²) in [7, 11) is 1.34. The van der Waals surface area contributed by atoms with E-state index in [1.165, 1.54) is 7.11 Å². The molecular formula is C16H28N4O3. The maximum Gasteiger partial charge on any atom is 0.323 e. The summed E-state index contributed by atoms with van der Waals surface area (Å²) in [5.41, 5.74) is 0.461. The number of nitrogens with one attached hydrogen (secondary N) is 3. The van der Waals surface area contributed by atoms with Crippen molar-refractivity contribution in [2.75, 3.05) is 7.11 Å². The number of carbonyl (C=O) groups excluding carboxylic acids is 2. The lowest BCUT2D eigenvalue weighted by Crippen LogP contribution is -2.57. The minimum atomic E-state index is -0.626. The summed E-state index contributed by atoms with van der Waals surface area (Å²) < 4.78 is 4.85. The van der Waals surface area contributed by atoms with Crippen molar-refractivity contribution in [3.05, 3.63) is 18.2 Å². The minimum Gasteiger partial charge on any atom is -0.468 e. The molecule has 0 saturated carbocycles. The average Bonchev–Trinajstić information content (AvgIpc) is 2.92. The molecule has 1 heterocycles. The summed E-state index contributed by atoms with van der Waals surface area (Å²) in [5, 5.41) is 6.08. The van der Waals surface area contributed by atoms with Crippen LogP contribution >= 0.6 is 0 Å². The molecule has 0 radical (unpaired) electrons. The molecule has 3 N–H and O–H groups in total. The van der Waals surface area contributed by atoms with Crippen LogP contribution in [0.2, 0.25) is 0 Å². The number of aromatic amines is 1. The van der Waals surface area contributed by atoms with E-state index in [-0.39, 0.29) is 17.4 Å². The molecule has 0 unspecified atom stereocenters. The van der Waals surface area contributed by atoms with Crippen molar-refractivity contribution in [2.24, 2.45) is 5.92 Å². The van der Waals surface area contributed by atoms with Crippen molar-refractivity contribution in [1.82, 2.24) is 20.6 Å². The number of carbonyl (C=O) groups is 2. The van der Waals surface area contributed by atoms with Crippen LogP contribution in [0.1, 0.15) is 40.3 Å². The Balaban J connectivity index is 2.87. The third-order valence-electron chi connectivity index (χ3n) is 3.29. The molecule has 7 nitrogen and oxygen atoms in total. The zero-order valence-electron chi connectivity index (χ0n) is 14.8. The fourth-order valence-corrected chi connectivity index (χ4v) is 2.20. The van der Waals surface area contributed by atoms with Gasteiger partial charge >= 0.3 is 5.97 Å². The average molecular weight is 324 g/mol. The van der Waals surface area contributed by atoms with E-state index in [4.69, 9.17) is 4.74 Å². The number of ether oxygens (including phenoxy) is 1. The zero-order valence-corrected chi connectivity index (χ0v) is 14.8. The van der Waals surface area contributed by atoms with Gasteiger partial charge in [0.2, 0.25) is 5.91 Å². The number of nitrogens with zero attached hydrogens (tertiary/aromatic N) is 1. The van der Waals surface area contributed by atoms with Gasteiger partial charge in [-0.25, -0.2) is 4.98 Å². The van der Waals surface area contributed by atoms with E-state index >= 15 is 0 Å². The van der Waals surface area contributed by atoms with Crippen molar-refractivity contribution in [3.63, 3.8) is 0 Å². The van der Waals surface area contributed by atoms with E-state index in [1.54, 1.807) is 12.5 Å². The number of hydrogen-bond donors (Lipinski definition) is 3. The van der Waals surface area contributed by atoms with Gasteiger partial charge in [0.05, 0.1) is 19.5 Å². The van der Waals surface area contributed by atoms with Gasteiger partial charge in [0, 0.05) is 23.9 Å². The molecule has 0 spiro atoms. The molecular weight excluding hydrogens is 296 g/mol. The Morgan fingerprint density at radius 2 is 2.00 bits per heavy atom. The summed E-state index contributed by atoms with van der Waals surface area (Å²) in [6.07, 6.45) is 3.58. The highest BCUT2D eigenvalue weighted by Crippen LogP contribution is 2.09. The number of rotatable bonds is 7. The van der Waals surface area contributed by atoms with Crippen LogP contribution in [0.3, 0.4) is 0 Å². The molecule has 23 heavy (non-hydrogen) atoms. The molecule has 1 aromatic rings. The van der Waals surface area contributed by atoms with E-state index in [0.717, 1.165) is 5.69 Å². The Morgan fingerprint density at radius 1 is 1.35 bits per heavy atom. The van der Waals surface area contributed by atoms with E-state index in [2.05, 4.69) is 20.6 Å².